The average molecular weight is 1120 g/mol. The molecule has 10 aliphatic carbocycles. The number of allylic oxidation sites excluding steroid dienone is 4. The highest BCUT2D eigenvalue weighted by molar-refractivity contribution is 5.97. The molecule has 0 heterocycles. The molecule has 16 atom stereocenters. The number of fused-ring (bicyclic) bond motifs is 14. The number of hydrogen-bond acceptors (Lipinski definition) is 8. The van der Waals surface area contributed by atoms with Crippen molar-refractivity contribution in [1.82, 2.24) is 0 Å². The van der Waals surface area contributed by atoms with E-state index in [4.69, 9.17) is 9.84 Å². The van der Waals surface area contributed by atoms with Crippen LogP contribution in [0, 0.1) is 100 Å². The Hall–Kier alpha value is -3.36. The molecule has 0 unspecified atom stereocenters. The zero-order valence-corrected chi connectivity index (χ0v) is 49.8. The van der Waals surface area contributed by atoms with Crippen LogP contribution in [0.4, 0.5) is 26.3 Å². The summed E-state index contributed by atoms with van der Waals surface area (Å²) in [5.41, 5.74) is -1.51. The standard InChI is InChI=1S/C32H45F3O4.C30H44O4.C2H3F3O/c1-26(2)22-8-11-31(7)24(29(22,5)10-9-23(26)37)21(36)16-19-20-17-28(4,25(38)39-18-32(33,34)35)13-12-27(20,3)14-15-30(19,31)6;1-25(2)21-8-11-30(7)23(28(21,5)10-9-22(25)32)20(31)16-18-19-17-27(4,24(33)34)13-12-26(19,3)14-15-29(18,30)6;3-2(4,5)1-6/h16,20,22,24H,8-15,17-18H2,1-7H3;16,19,21,23H,8-15,17H2,1-7H3,(H,33,34);6H,1H2/t20-,22-,24+,27+,28-,29-,30+,31+;19-,21-,23+,26+,27-,28-,29+,30+;/m00./s1. The molecule has 0 saturated heterocycles. The van der Waals surface area contributed by atoms with E-state index in [1.807, 2.05) is 19.1 Å². The Balaban J connectivity index is 0.000000190. The number of carboxylic acids is 1. The van der Waals surface area contributed by atoms with E-state index in [1.165, 1.54) is 5.57 Å². The third-order valence-electron chi connectivity index (χ3n) is 26.2. The normalized spacial score (nSPS) is 46.6. The zero-order chi connectivity index (χ0) is 59.3. The van der Waals surface area contributed by atoms with Gasteiger partial charge < -0.3 is 14.9 Å². The van der Waals surface area contributed by atoms with Gasteiger partial charge in [-0.1, -0.05) is 94.2 Å². The highest BCUT2D eigenvalue weighted by Crippen LogP contribution is 2.77. The zero-order valence-electron chi connectivity index (χ0n) is 49.8. The number of ketones is 4. The van der Waals surface area contributed by atoms with Gasteiger partial charge in [-0.25, -0.2) is 0 Å². The Morgan fingerprint density at radius 3 is 1.24 bits per heavy atom. The van der Waals surface area contributed by atoms with E-state index < -0.39 is 53.7 Å². The minimum Gasteiger partial charge on any atom is -0.481 e. The topological polar surface area (TPSA) is 152 Å². The third kappa shape index (κ3) is 9.31. The van der Waals surface area contributed by atoms with Gasteiger partial charge in [-0.2, -0.15) is 26.3 Å². The Kier molecular flexibility index (Phi) is 14.9. The SMILES string of the molecule is CC1(C)C(=O)CC[C@]2(C)[C@H]3C(=O)C=C4[C@@H]5C[C@@](C)(C(=O)O)CC[C@]5(C)CC[C@@]4(C)[C@]3(C)CC[C@@H]12.CC1(C)C(=O)CC[C@]2(C)[C@H]3C(=O)C=C4[C@@H]5C[C@@](C)(C(=O)OCC(F)(F)F)CC[C@]5(C)CC[C@@]4(C)[C@]3(C)CC[C@@H]12.OCC(F)(F)F. The van der Waals surface area contributed by atoms with E-state index in [0.717, 1.165) is 82.6 Å². The van der Waals surface area contributed by atoms with E-state index in [9.17, 15) is 60.2 Å². The van der Waals surface area contributed by atoms with Crippen LogP contribution in [0.25, 0.3) is 0 Å². The molecule has 79 heavy (non-hydrogen) atoms. The molecular formula is C64H92F6O9. The molecule has 8 saturated carbocycles. The fourth-order valence-electron chi connectivity index (χ4n) is 20.7. The number of Topliss-reactive ketones (excluding diaryl/α,β-unsaturated/α-hetero) is 2. The summed E-state index contributed by atoms with van der Waals surface area (Å²) in [6.45, 7) is 27.2. The van der Waals surface area contributed by atoms with E-state index in [1.54, 1.807) is 6.92 Å². The molecule has 0 aliphatic heterocycles. The summed E-state index contributed by atoms with van der Waals surface area (Å²) in [6, 6.07) is 0. The Morgan fingerprint density at radius 2 is 0.886 bits per heavy atom. The van der Waals surface area contributed by atoms with Gasteiger partial charge >= 0.3 is 24.3 Å². The van der Waals surface area contributed by atoms with Crippen LogP contribution in [0.2, 0.25) is 0 Å². The van der Waals surface area contributed by atoms with Crippen molar-refractivity contribution in [3.05, 3.63) is 23.3 Å². The lowest BCUT2D eigenvalue weighted by Gasteiger charge is -2.69. The van der Waals surface area contributed by atoms with Crippen molar-refractivity contribution in [2.45, 2.75) is 225 Å². The number of esters is 1. The van der Waals surface area contributed by atoms with Crippen molar-refractivity contribution >= 4 is 35.1 Å². The molecule has 15 heteroatoms. The van der Waals surface area contributed by atoms with Crippen LogP contribution < -0.4 is 0 Å². The lowest BCUT2D eigenvalue weighted by molar-refractivity contribution is -0.198. The molecular weight excluding hydrogens is 1030 g/mol. The van der Waals surface area contributed by atoms with Crippen molar-refractivity contribution in [2.24, 2.45) is 100 Å². The second-order valence-corrected chi connectivity index (χ2v) is 31.1. The maximum Gasteiger partial charge on any atom is 0.422 e. The number of carbonyl (C=O) groups excluding carboxylic acids is 5. The molecule has 10 rings (SSSR count). The average Bonchev–Trinajstić information content (AvgIpc) is 3.21. The van der Waals surface area contributed by atoms with Crippen LogP contribution in [0.1, 0.15) is 213 Å². The second-order valence-electron chi connectivity index (χ2n) is 31.1. The van der Waals surface area contributed by atoms with Crippen molar-refractivity contribution < 1.29 is 70.1 Å². The lowest BCUT2D eigenvalue weighted by atomic mass is 9.33. The molecule has 2 N–H and O–H groups in total. The van der Waals surface area contributed by atoms with Gasteiger partial charge in [0, 0.05) is 35.5 Å². The fourth-order valence-corrected chi connectivity index (χ4v) is 20.7. The number of alkyl halides is 6. The lowest BCUT2D eigenvalue weighted by Crippen LogP contribution is -2.66. The molecule has 0 bridgehead atoms. The molecule has 0 spiro atoms. The predicted molar refractivity (Wildman–Crippen MR) is 287 cm³/mol. The number of hydrogen-bond donors (Lipinski definition) is 2. The third-order valence-corrected chi connectivity index (χ3v) is 26.2. The Bertz CT molecular complexity index is 2610. The van der Waals surface area contributed by atoms with Crippen LogP contribution >= 0.6 is 0 Å². The molecule has 0 aromatic carbocycles. The van der Waals surface area contributed by atoms with Crippen molar-refractivity contribution in [1.29, 1.82) is 0 Å². The Labute approximate surface area is 465 Å². The maximum atomic E-state index is 14.3. The number of halogens is 6. The largest absolute Gasteiger partial charge is 0.481 e. The monoisotopic (exact) mass is 1120 g/mol. The highest BCUT2D eigenvalue weighted by atomic mass is 19.4. The van der Waals surface area contributed by atoms with E-state index >= 15 is 0 Å². The van der Waals surface area contributed by atoms with E-state index in [0.29, 0.717) is 50.1 Å². The van der Waals surface area contributed by atoms with Crippen LogP contribution in [0.15, 0.2) is 23.3 Å². The van der Waals surface area contributed by atoms with Gasteiger partial charge in [-0.15, -0.1) is 0 Å². The van der Waals surface area contributed by atoms with Gasteiger partial charge in [0.05, 0.1) is 10.8 Å². The van der Waals surface area contributed by atoms with Crippen molar-refractivity contribution in [3.63, 3.8) is 0 Å². The highest BCUT2D eigenvalue weighted by Gasteiger charge is 2.73. The first-order chi connectivity index (χ1) is 35.8. The van der Waals surface area contributed by atoms with E-state index in [-0.39, 0.29) is 95.8 Å². The van der Waals surface area contributed by atoms with Gasteiger partial charge in [0.2, 0.25) is 0 Å². The first-order valence-electron chi connectivity index (χ1n) is 29.6. The number of ether oxygens (including phenoxy) is 1. The van der Waals surface area contributed by atoms with Crippen molar-refractivity contribution in [2.75, 3.05) is 13.2 Å². The van der Waals surface area contributed by atoms with Crippen LogP contribution in [-0.4, -0.2) is 70.9 Å². The maximum absolute atomic E-state index is 14.3. The first kappa shape index (κ1) is 61.7. The number of aliphatic carboxylic acids is 1. The minimum atomic E-state index is -4.56. The van der Waals surface area contributed by atoms with E-state index in [2.05, 4.69) is 83.1 Å². The number of rotatable bonds is 3. The summed E-state index contributed by atoms with van der Waals surface area (Å²) in [7, 11) is 0. The molecule has 444 valence electrons. The second kappa shape index (κ2) is 19.1. The Morgan fingerprint density at radius 1 is 0.532 bits per heavy atom. The number of aliphatic hydroxyl groups is 1. The predicted octanol–water partition coefficient (Wildman–Crippen LogP) is 14.8. The van der Waals surface area contributed by atoms with Gasteiger partial charge in [0.25, 0.3) is 0 Å². The fraction of sp³-hybridized carbons (Fsp3) is 0.844. The first-order valence-corrected chi connectivity index (χ1v) is 29.6. The molecule has 8 fully saturated rings. The smallest absolute Gasteiger partial charge is 0.422 e. The summed E-state index contributed by atoms with van der Waals surface area (Å²) in [6.07, 6.45) is 9.21. The molecule has 0 aromatic rings. The van der Waals surface area contributed by atoms with Gasteiger partial charge in [0.1, 0.15) is 18.2 Å². The summed E-state index contributed by atoms with van der Waals surface area (Å²) < 4.78 is 74.9. The molecule has 10 aliphatic rings. The summed E-state index contributed by atoms with van der Waals surface area (Å²) in [4.78, 5) is 79.5. The van der Waals surface area contributed by atoms with Crippen molar-refractivity contribution in [3.8, 4) is 0 Å². The summed E-state index contributed by atoms with van der Waals surface area (Å²) >= 11 is 0. The van der Waals surface area contributed by atoms with Crippen LogP contribution in [0.3, 0.4) is 0 Å². The van der Waals surface area contributed by atoms with Gasteiger partial charge in [-0.05, 0) is 196 Å². The van der Waals surface area contributed by atoms with Gasteiger partial charge in [-0.3, -0.25) is 28.8 Å². The van der Waals surface area contributed by atoms with Crippen LogP contribution in [0.5, 0.6) is 0 Å². The molecule has 0 aromatic heterocycles. The number of carboxylic acid groups (broad SMARTS) is 1. The van der Waals surface area contributed by atoms with Gasteiger partial charge in [0.15, 0.2) is 18.2 Å². The number of aliphatic hydroxyl groups excluding tert-OH is 1. The quantitative estimate of drug-likeness (QED) is 0.208. The molecule has 9 nitrogen and oxygen atoms in total. The molecule has 0 radical (unpaired) electrons. The van der Waals surface area contributed by atoms with Crippen LogP contribution in [-0.2, 0) is 33.5 Å². The number of carbonyl (C=O) groups is 6. The summed E-state index contributed by atoms with van der Waals surface area (Å²) in [5, 5.41) is 17.3. The molecule has 0 amide bonds. The summed E-state index contributed by atoms with van der Waals surface area (Å²) in [5.74, 6) is -0.221. The minimum absolute atomic E-state index is 0.0648.